The van der Waals surface area contributed by atoms with Crippen molar-refractivity contribution < 1.29 is 0 Å². The van der Waals surface area contributed by atoms with Crippen molar-refractivity contribution in [3.05, 3.63) is 45.3 Å². The maximum atomic E-state index is 3.93. The van der Waals surface area contributed by atoms with Crippen LogP contribution in [0.2, 0.25) is 0 Å². The molecule has 0 atom stereocenters. The fourth-order valence-corrected chi connectivity index (χ4v) is 1.15. The molecule has 0 aliphatic rings. The van der Waals surface area contributed by atoms with Crippen LogP contribution in [0.15, 0.2) is 34.8 Å². The van der Waals surface area contributed by atoms with E-state index in [1.165, 1.54) is 0 Å². The molecule has 0 heterocycles. The zero-order chi connectivity index (χ0) is 8.97. The van der Waals surface area contributed by atoms with Crippen molar-refractivity contribution in [3.63, 3.8) is 0 Å². The Labute approximate surface area is 81.1 Å². The maximum absolute atomic E-state index is 3.93. The molecule has 0 radical (unpaired) electrons. The van der Waals surface area contributed by atoms with Crippen LogP contribution in [0.3, 0.4) is 0 Å². The zero-order valence-corrected chi connectivity index (χ0v) is 8.64. The molecule has 0 aromatic heterocycles. The zero-order valence-electron chi connectivity index (χ0n) is 7.05. The Bertz CT molecular complexity index is 388. The Kier molecular flexibility index (Phi) is 3.30. The van der Waals surface area contributed by atoms with Gasteiger partial charge in [0.25, 0.3) is 0 Å². The van der Waals surface area contributed by atoms with Crippen LogP contribution in [0.5, 0.6) is 0 Å². The van der Waals surface area contributed by atoms with Crippen LogP contribution >= 0.6 is 15.9 Å². The summed E-state index contributed by atoms with van der Waals surface area (Å²) in [7, 11) is 0. The van der Waals surface area contributed by atoms with Crippen LogP contribution in [0.1, 0.15) is 6.92 Å². The predicted octanol–water partition coefficient (Wildman–Crippen LogP) is 2.18. The molecule has 62 valence electrons. The molecule has 0 aliphatic carbocycles. The molecule has 1 aromatic carbocycles. The minimum absolute atomic E-state index is 1.05. The van der Waals surface area contributed by atoms with Gasteiger partial charge in [0.05, 0.1) is 0 Å². The first-order valence-electron chi connectivity index (χ1n) is 3.81. The van der Waals surface area contributed by atoms with Gasteiger partial charge in [-0.25, -0.2) is 0 Å². The Morgan fingerprint density at radius 2 is 2.08 bits per heavy atom. The Morgan fingerprint density at radius 1 is 1.42 bits per heavy atom. The first-order valence-corrected chi connectivity index (χ1v) is 4.61. The van der Waals surface area contributed by atoms with Gasteiger partial charge in [-0.3, -0.25) is 0 Å². The van der Waals surface area contributed by atoms with Gasteiger partial charge in [0.15, 0.2) is 0 Å². The third-order valence-electron chi connectivity index (χ3n) is 1.62. The molecule has 0 unspecified atom stereocenters. The molecule has 0 saturated carbocycles. The molecular formula is C11H11Br. The molecule has 1 aromatic rings. The highest BCUT2D eigenvalue weighted by Gasteiger charge is 1.83. The van der Waals surface area contributed by atoms with Crippen molar-refractivity contribution in [2.24, 2.45) is 0 Å². The van der Waals surface area contributed by atoms with Crippen LogP contribution in [0.4, 0.5) is 0 Å². The molecular weight excluding hydrogens is 212 g/mol. The second kappa shape index (κ2) is 4.27. The van der Waals surface area contributed by atoms with Gasteiger partial charge in [0, 0.05) is 4.48 Å². The van der Waals surface area contributed by atoms with Gasteiger partial charge in [-0.1, -0.05) is 52.9 Å². The van der Waals surface area contributed by atoms with E-state index in [0.29, 0.717) is 0 Å². The van der Waals surface area contributed by atoms with E-state index in [0.717, 1.165) is 14.9 Å². The molecule has 0 fully saturated rings. The standard InChI is InChI=1S/C11H11Br/c1-3-11(12)8-10-7-5-4-6-9(10)2/h3-8H,2H2,1H3/b10-8-,11-3+. The minimum Gasteiger partial charge on any atom is -0.0912 e. The quantitative estimate of drug-likeness (QED) is 0.684. The molecule has 0 saturated heterocycles. The number of benzene rings is 1. The summed E-state index contributed by atoms with van der Waals surface area (Å²) in [6, 6.07) is 8.05. The highest BCUT2D eigenvalue weighted by molar-refractivity contribution is 9.12. The van der Waals surface area contributed by atoms with E-state index in [1.54, 1.807) is 0 Å². The highest BCUT2D eigenvalue weighted by atomic mass is 79.9. The summed E-state index contributed by atoms with van der Waals surface area (Å²) in [5.41, 5.74) is 0. The van der Waals surface area contributed by atoms with Crippen LogP contribution in [-0.4, -0.2) is 0 Å². The van der Waals surface area contributed by atoms with Gasteiger partial charge in [-0.05, 0) is 23.4 Å². The Balaban J connectivity index is 3.29. The van der Waals surface area contributed by atoms with Crippen molar-refractivity contribution in [3.8, 4) is 0 Å². The summed E-state index contributed by atoms with van der Waals surface area (Å²) in [6.45, 7) is 5.92. The van der Waals surface area contributed by atoms with Gasteiger partial charge in [0.2, 0.25) is 0 Å². The molecule has 0 nitrogen and oxygen atoms in total. The van der Waals surface area contributed by atoms with Crippen molar-refractivity contribution in [2.75, 3.05) is 0 Å². The van der Waals surface area contributed by atoms with Gasteiger partial charge >= 0.3 is 0 Å². The summed E-state index contributed by atoms with van der Waals surface area (Å²) in [5, 5.41) is 2.21. The van der Waals surface area contributed by atoms with Crippen LogP contribution in [-0.2, 0) is 0 Å². The molecule has 0 amide bonds. The average Bonchev–Trinajstić information content (AvgIpc) is 2.09. The Morgan fingerprint density at radius 3 is 2.67 bits per heavy atom. The van der Waals surface area contributed by atoms with Crippen molar-refractivity contribution in [1.29, 1.82) is 0 Å². The van der Waals surface area contributed by atoms with Crippen LogP contribution in [0.25, 0.3) is 12.7 Å². The smallest absolute Gasteiger partial charge is 0.0138 e. The number of allylic oxidation sites excluding steroid dienone is 2. The third-order valence-corrected chi connectivity index (χ3v) is 2.31. The van der Waals surface area contributed by atoms with Crippen LogP contribution in [0, 0.1) is 0 Å². The second-order valence-electron chi connectivity index (χ2n) is 2.52. The predicted molar refractivity (Wildman–Crippen MR) is 58.4 cm³/mol. The van der Waals surface area contributed by atoms with E-state index in [-0.39, 0.29) is 0 Å². The summed E-state index contributed by atoms with van der Waals surface area (Å²) >= 11 is 3.43. The molecule has 0 N–H and O–H groups in total. The second-order valence-corrected chi connectivity index (χ2v) is 3.43. The number of rotatable bonds is 1. The fourth-order valence-electron chi connectivity index (χ4n) is 0.907. The van der Waals surface area contributed by atoms with Crippen molar-refractivity contribution in [1.82, 2.24) is 0 Å². The summed E-state index contributed by atoms with van der Waals surface area (Å²) in [5.74, 6) is 0. The minimum atomic E-state index is 1.05. The molecule has 0 spiro atoms. The molecule has 0 bridgehead atoms. The van der Waals surface area contributed by atoms with E-state index in [4.69, 9.17) is 0 Å². The maximum Gasteiger partial charge on any atom is 0.0138 e. The highest BCUT2D eigenvalue weighted by Crippen LogP contribution is 2.03. The molecule has 0 aliphatic heterocycles. The van der Waals surface area contributed by atoms with Gasteiger partial charge < -0.3 is 0 Å². The fraction of sp³-hybridized carbons (Fsp3) is 0.0909. The lowest BCUT2D eigenvalue weighted by molar-refractivity contribution is 1.53. The lowest BCUT2D eigenvalue weighted by Gasteiger charge is -1.88. The monoisotopic (exact) mass is 222 g/mol. The molecule has 1 rings (SSSR count). The topological polar surface area (TPSA) is 0 Å². The lowest BCUT2D eigenvalue weighted by Crippen LogP contribution is -2.21. The van der Waals surface area contributed by atoms with Crippen LogP contribution < -0.4 is 10.4 Å². The van der Waals surface area contributed by atoms with Crippen molar-refractivity contribution in [2.45, 2.75) is 6.92 Å². The van der Waals surface area contributed by atoms with E-state index in [1.807, 2.05) is 37.3 Å². The van der Waals surface area contributed by atoms with E-state index in [2.05, 4.69) is 28.6 Å². The van der Waals surface area contributed by atoms with Crippen molar-refractivity contribution >= 4 is 28.6 Å². The third kappa shape index (κ3) is 2.35. The number of hydrogen-bond donors (Lipinski definition) is 0. The van der Waals surface area contributed by atoms with Gasteiger partial charge in [-0.15, -0.1) is 0 Å². The largest absolute Gasteiger partial charge is 0.0912 e. The SMILES string of the molecule is C=c1cccc/c1=C/C(Br)=C\C. The molecule has 12 heavy (non-hydrogen) atoms. The number of hydrogen-bond acceptors (Lipinski definition) is 0. The van der Waals surface area contributed by atoms with E-state index < -0.39 is 0 Å². The van der Waals surface area contributed by atoms with Gasteiger partial charge in [0.1, 0.15) is 0 Å². The first-order chi connectivity index (χ1) is 5.74. The average molecular weight is 223 g/mol. The summed E-state index contributed by atoms with van der Waals surface area (Å²) in [6.07, 6.45) is 4.06. The Hall–Kier alpha value is -0.820. The molecule has 1 heteroatoms. The van der Waals surface area contributed by atoms with Gasteiger partial charge in [-0.2, -0.15) is 0 Å². The summed E-state index contributed by atoms with van der Waals surface area (Å²) < 4.78 is 1.08. The normalized spacial score (nSPS) is 13.5. The van der Waals surface area contributed by atoms with E-state index >= 15 is 0 Å². The summed E-state index contributed by atoms with van der Waals surface area (Å²) in [4.78, 5) is 0. The lowest BCUT2D eigenvalue weighted by atomic mass is 10.2. The first kappa shape index (κ1) is 9.27. The number of halogens is 1. The van der Waals surface area contributed by atoms with E-state index in [9.17, 15) is 0 Å².